The minimum absolute atomic E-state index is 0.653. The molecule has 21 heavy (non-hydrogen) atoms. The summed E-state index contributed by atoms with van der Waals surface area (Å²) in [5, 5.41) is 8.41. The zero-order chi connectivity index (χ0) is 14.7. The van der Waals surface area contributed by atoms with Crippen LogP contribution in [0.5, 0.6) is 0 Å². The summed E-state index contributed by atoms with van der Waals surface area (Å²) in [6.45, 7) is 9.06. The Morgan fingerprint density at radius 1 is 1.38 bits per heavy atom. The zero-order valence-corrected chi connectivity index (χ0v) is 13.6. The minimum Gasteiger partial charge on any atom is -0.314 e. The van der Waals surface area contributed by atoms with Gasteiger partial charge in [0.1, 0.15) is 0 Å². The molecule has 0 aromatic carbocycles. The molecule has 4 heteroatoms. The third kappa shape index (κ3) is 3.49. The van der Waals surface area contributed by atoms with Gasteiger partial charge in [0.2, 0.25) is 0 Å². The van der Waals surface area contributed by atoms with Gasteiger partial charge in [-0.1, -0.05) is 33.1 Å². The van der Waals surface area contributed by atoms with Crippen LogP contribution in [0.15, 0.2) is 12.3 Å². The van der Waals surface area contributed by atoms with Gasteiger partial charge >= 0.3 is 0 Å². The van der Waals surface area contributed by atoms with E-state index in [-0.39, 0.29) is 0 Å². The number of nitrogens with zero attached hydrogens (tertiary/aromatic N) is 3. The van der Waals surface area contributed by atoms with Crippen molar-refractivity contribution >= 4 is 0 Å². The maximum atomic E-state index is 4.86. The molecule has 2 atom stereocenters. The van der Waals surface area contributed by atoms with Crippen LogP contribution in [-0.4, -0.2) is 40.4 Å². The third-order valence-corrected chi connectivity index (χ3v) is 5.43. The molecule has 2 aliphatic rings. The van der Waals surface area contributed by atoms with Crippen LogP contribution in [-0.2, 0) is 6.54 Å². The standard InChI is InChI=1S/C17H30N4/c1-3-14(2)17-12-18-9-11-20(17)13-15-8-10-21(19-15)16-6-4-5-7-16/h8,10,14,16-18H,3-7,9,11-13H2,1-2H3. The van der Waals surface area contributed by atoms with Crippen LogP contribution in [0.1, 0.15) is 57.7 Å². The fourth-order valence-electron chi connectivity index (χ4n) is 3.84. The molecule has 0 bridgehead atoms. The van der Waals surface area contributed by atoms with Gasteiger partial charge in [0.15, 0.2) is 0 Å². The van der Waals surface area contributed by atoms with E-state index in [1.807, 2.05) is 0 Å². The van der Waals surface area contributed by atoms with Crippen molar-refractivity contribution in [1.29, 1.82) is 0 Å². The van der Waals surface area contributed by atoms with Gasteiger partial charge < -0.3 is 5.32 Å². The first-order chi connectivity index (χ1) is 10.3. The average Bonchev–Trinajstić information content (AvgIpc) is 3.18. The third-order valence-electron chi connectivity index (χ3n) is 5.43. The maximum absolute atomic E-state index is 4.86. The number of rotatable bonds is 5. The molecular formula is C17H30N4. The Bertz CT molecular complexity index is 436. The number of hydrogen-bond acceptors (Lipinski definition) is 3. The number of nitrogens with one attached hydrogen (secondary N) is 1. The molecule has 1 aromatic heterocycles. The largest absolute Gasteiger partial charge is 0.314 e. The summed E-state index contributed by atoms with van der Waals surface area (Å²) in [4.78, 5) is 2.63. The summed E-state index contributed by atoms with van der Waals surface area (Å²) in [5.41, 5.74) is 1.25. The van der Waals surface area contributed by atoms with Gasteiger partial charge in [-0.15, -0.1) is 0 Å². The van der Waals surface area contributed by atoms with E-state index in [1.54, 1.807) is 0 Å². The van der Waals surface area contributed by atoms with Crippen molar-refractivity contribution in [2.45, 2.75) is 64.6 Å². The lowest BCUT2D eigenvalue weighted by Crippen LogP contribution is -2.53. The first-order valence-electron chi connectivity index (χ1n) is 8.76. The van der Waals surface area contributed by atoms with Gasteiger partial charge in [0.05, 0.1) is 11.7 Å². The normalized spacial score (nSPS) is 26.3. The van der Waals surface area contributed by atoms with E-state index in [9.17, 15) is 0 Å². The van der Waals surface area contributed by atoms with E-state index in [1.165, 1.54) is 37.8 Å². The second-order valence-electron chi connectivity index (χ2n) is 6.85. The van der Waals surface area contributed by atoms with Crippen molar-refractivity contribution in [3.8, 4) is 0 Å². The van der Waals surface area contributed by atoms with Crippen LogP contribution in [0, 0.1) is 5.92 Å². The fourth-order valence-corrected chi connectivity index (χ4v) is 3.84. The van der Waals surface area contributed by atoms with E-state index in [0.717, 1.165) is 32.1 Å². The molecule has 4 nitrogen and oxygen atoms in total. The molecule has 3 rings (SSSR count). The molecule has 2 fully saturated rings. The Morgan fingerprint density at radius 3 is 2.95 bits per heavy atom. The van der Waals surface area contributed by atoms with Crippen LogP contribution in [0.25, 0.3) is 0 Å². The highest BCUT2D eigenvalue weighted by molar-refractivity contribution is 5.01. The molecule has 1 N–H and O–H groups in total. The summed E-state index contributed by atoms with van der Waals surface area (Å²) in [6, 6.07) is 3.54. The molecule has 118 valence electrons. The Morgan fingerprint density at radius 2 is 2.19 bits per heavy atom. The maximum Gasteiger partial charge on any atom is 0.0765 e. The average molecular weight is 290 g/mol. The van der Waals surface area contributed by atoms with Crippen molar-refractivity contribution in [3.05, 3.63) is 18.0 Å². The number of aromatic nitrogens is 2. The Labute approximate surface area is 128 Å². The minimum atomic E-state index is 0.653. The molecule has 0 amide bonds. The quantitative estimate of drug-likeness (QED) is 0.905. The van der Waals surface area contributed by atoms with Crippen molar-refractivity contribution in [1.82, 2.24) is 20.0 Å². The highest BCUT2D eigenvalue weighted by Gasteiger charge is 2.27. The van der Waals surface area contributed by atoms with E-state index in [2.05, 4.69) is 41.0 Å². The first-order valence-corrected chi connectivity index (χ1v) is 8.76. The summed E-state index contributed by atoms with van der Waals surface area (Å²) < 4.78 is 2.22. The lowest BCUT2D eigenvalue weighted by Gasteiger charge is -2.39. The van der Waals surface area contributed by atoms with Gasteiger partial charge in [-0.05, 0) is 24.8 Å². The Balaban J connectivity index is 1.64. The van der Waals surface area contributed by atoms with Gasteiger partial charge in [-0.25, -0.2) is 0 Å². The van der Waals surface area contributed by atoms with E-state index >= 15 is 0 Å². The summed E-state index contributed by atoms with van der Waals surface area (Å²) in [5.74, 6) is 0.745. The Hall–Kier alpha value is -0.870. The summed E-state index contributed by atoms with van der Waals surface area (Å²) >= 11 is 0. The fraction of sp³-hybridized carbons (Fsp3) is 0.824. The van der Waals surface area contributed by atoms with Crippen LogP contribution in [0.3, 0.4) is 0 Å². The van der Waals surface area contributed by atoms with Crippen molar-refractivity contribution in [2.75, 3.05) is 19.6 Å². The Kier molecular flexibility index (Phi) is 4.96. The molecule has 0 radical (unpaired) electrons. The SMILES string of the molecule is CCC(C)C1CNCCN1Cc1ccn(C2CCCC2)n1. The van der Waals surface area contributed by atoms with Crippen LogP contribution >= 0.6 is 0 Å². The molecule has 1 saturated carbocycles. The second kappa shape index (κ2) is 6.93. The highest BCUT2D eigenvalue weighted by atomic mass is 15.3. The van der Waals surface area contributed by atoms with Crippen LogP contribution < -0.4 is 5.32 Å². The van der Waals surface area contributed by atoms with Gasteiger partial charge in [0.25, 0.3) is 0 Å². The van der Waals surface area contributed by atoms with Crippen molar-refractivity contribution in [3.63, 3.8) is 0 Å². The van der Waals surface area contributed by atoms with Gasteiger partial charge in [-0.2, -0.15) is 5.10 Å². The van der Waals surface area contributed by atoms with E-state index in [4.69, 9.17) is 5.10 Å². The number of piperazine rings is 1. The highest BCUT2D eigenvalue weighted by Crippen LogP contribution is 2.29. The van der Waals surface area contributed by atoms with Gasteiger partial charge in [0, 0.05) is 38.4 Å². The van der Waals surface area contributed by atoms with Gasteiger partial charge in [-0.3, -0.25) is 9.58 Å². The zero-order valence-electron chi connectivity index (χ0n) is 13.6. The van der Waals surface area contributed by atoms with Crippen molar-refractivity contribution in [2.24, 2.45) is 5.92 Å². The molecule has 0 spiro atoms. The molecule has 1 saturated heterocycles. The van der Waals surface area contributed by atoms with E-state index < -0.39 is 0 Å². The van der Waals surface area contributed by atoms with Crippen molar-refractivity contribution < 1.29 is 0 Å². The molecule has 2 unspecified atom stereocenters. The predicted molar refractivity (Wildman–Crippen MR) is 86.3 cm³/mol. The summed E-state index contributed by atoms with van der Waals surface area (Å²) in [7, 11) is 0. The second-order valence-corrected chi connectivity index (χ2v) is 6.85. The number of hydrogen-bond donors (Lipinski definition) is 1. The molecular weight excluding hydrogens is 260 g/mol. The van der Waals surface area contributed by atoms with Crippen LogP contribution in [0.2, 0.25) is 0 Å². The summed E-state index contributed by atoms with van der Waals surface area (Å²) in [6.07, 6.45) is 8.81. The molecule has 1 aliphatic carbocycles. The lowest BCUT2D eigenvalue weighted by molar-refractivity contribution is 0.107. The molecule has 1 aliphatic heterocycles. The molecule has 2 heterocycles. The molecule has 1 aromatic rings. The van der Waals surface area contributed by atoms with Crippen LogP contribution in [0.4, 0.5) is 0 Å². The monoisotopic (exact) mass is 290 g/mol. The smallest absolute Gasteiger partial charge is 0.0765 e. The lowest BCUT2D eigenvalue weighted by atomic mass is 9.96. The van der Waals surface area contributed by atoms with E-state index in [0.29, 0.717) is 12.1 Å². The first kappa shape index (κ1) is 15.0. The predicted octanol–water partition coefficient (Wildman–Crippen LogP) is 2.82. The topological polar surface area (TPSA) is 33.1 Å².